The average molecular weight is 592 g/mol. The SMILES string of the molecule is CCCCNC(=O)C1CCN(Cc2ccc(Oc3ccc(N(CC4CCCCC4)S(C)(=O)=O)cc3)cc2)CC1.Cl. The molecule has 2 aromatic carbocycles. The van der Waals surface area contributed by atoms with Gasteiger partial charge in [0.2, 0.25) is 15.9 Å². The van der Waals surface area contributed by atoms with Crippen molar-refractivity contribution in [1.29, 1.82) is 0 Å². The number of piperidine rings is 1. The smallest absolute Gasteiger partial charge is 0.232 e. The lowest BCUT2D eigenvalue weighted by Gasteiger charge is -2.31. The van der Waals surface area contributed by atoms with Crippen LogP contribution in [0.25, 0.3) is 0 Å². The summed E-state index contributed by atoms with van der Waals surface area (Å²) in [6.45, 7) is 6.19. The van der Waals surface area contributed by atoms with E-state index in [1.54, 1.807) is 4.31 Å². The van der Waals surface area contributed by atoms with Crippen molar-refractivity contribution in [3.8, 4) is 11.5 Å². The summed E-state index contributed by atoms with van der Waals surface area (Å²) in [4.78, 5) is 14.7. The molecule has 2 fully saturated rings. The number of halogens is 1. The summed E-state index contributed by atoms with van der Waals surface area (Å²) in [6.07, 6.45) is 11.1. The topological polar surface area (TPSA) is 79.0 Å². The van der Waals surface area contributed by atoms with E-state index in [1.165, 1.54) is 31.1 Å². The first kappa shape index (κ1) is 32.2. The van der Waals surface area contributed by atoms with Crippen LogP contribution in [0.3, 0.4) is 0 Å². The number of rotatable bonds is 12. The minimum absolute atomic E-state index is 0. The van der Waals surface area contributed by atoms with Crippen molar-refractivity contribution in [2.75, 3.05) is 36.7 Å². The number of nitrogens with zero attached hydrogens (tertiary/aromatic N) is 2. The Kier molecular flexibility index (Phi) is 12.6. The number of hydrogen-bond acceptors (Lipinski definition) is 5. The standard InChI is InChI=1S/C31H45N3O4S.ClH/c1-3-4-20-32-31(35)27-18-21-33(22-19-27)23-26-10-14-29(15-11-26)38-30-16-12-28(13-17-30)34(39(2,36)37)24-25-8-6-5-7-9-25;/h10-17,25,27H,3-9,18-24H2,1-2H3,(H,32,35);1H. The average Bonchev–Trinajstić information content (AvgIpc) is 2.94. The molecule has 0 unspecified atom stereocenters. The summed E-state index contributed by atoms with van der Waals surface area (Å²) in [5.74, 6) is 2.19. The van der Waals surface area contributed by atoms with E-state index in [0.717, 1.165) is 70.5 Å². The minimum atomic E-state index is -3.35. The van der Waals surface area contributed by atoms with Crippen LogP contribution in [-0.4, -0.2) is 51.7 Å². The van der Waals surface area contributed by atoms with Gasteiger partial charge in [-0.05, 0) is 93.1 Å². The Balaban J connectivity index is 0.00000441. The maximum atomic E-state index is 12.5. The number of unbranched alkanes of at least 4 members (excludes halogenated alkanes) is 1. The predicted molar refractivity (Wildman–Crippen MR) is 165 cm³/mol. The highest BCUT2D eigenvalue weighted by atomic mass is 35.5. The second-order valence-electron chi connectivity index (χ2n) is 11.2. The van der Waals surface area contributed by atoms with Crippen molar-refractivity contribution in [2.45, 2.75) is 71.3 Å². The number of sulfonamides is 1. The fourth-order valence-electron chi connectivity index (χ4n) is 5.66. The van der Waals surface area contributed by atoms with Gasteiger partial charge in [-0.2, -0.15) is 0 Å². The van der Waals surface area contributed by atoms with Crippen LogP contribution in [0.5, 0.6) is 11.5 Å². The van der Waals surface area contributed by atoms with Gasteiger partial charge in [-0.25, -0.2) is 8.42 Å². The van der Waals surface area contributed by atoms with Gasteiger partial charge in [0, 0.05) is 25.6 Å². The summed E-state index contributed by atoms with van der Waals surface area (Å²) in [5, 5.41) is 3.07. The highest BCUT2D eigenvalue weighted by Crippen LogP contribution is 2.30. The third-order valence-corrected chi connectivity index (χ3v) is 9.19. The number of likely N-dealkylation sites (tertiary alicyclic amines) is 1. The fraction of sp³-hybridized carbons (Fsp3) is 0.581. The first-order chi connectivity index (χ1) is 18.8. The highest BCUT2D eigenvalue weighted by molar-refractivity contribution is 7.92. The second-order valence-corrected chi connectivity index (χ2v) is 13.1. The Bertz CT molecular complexity index is 1140. The summed E-state index contributed by atoms with van der Waals surface area (Å²) < 4.78 is 32.6. The largest absolute Gasteiger partial charge is 0.457 e. The van der Waals surface area contributed by atoms with Gasteiger partial charge in [0.25, 0.3) is 0 Å². The molecule has 0 bridgehead atoms. The Morgan fingerprint density at radius 3 is 2.12 bits per heavy atom. The molecule has 9 heteroatoms. The van der Waals surface area contributed by atoms with Crippen LogP contribution in [0.2, 0.25) is 0 Å². The van der Waals surface area contributed by atoms with Gasteiger partial charge in [0.05, 0.1) is 11.9 Å². The normalized spacial score (nSPS) is 17.1. The van der Waals surface area contributed by atoms with Gasteiger partial charge in [0.1, 0.15) is 11.5 Å². The molecule has 1 saturated heterocycles. The molecule has 2 aliphatic rings. The lowest BCUT2D eigenvalue weighted by Crippen LogP contribution is -2.40. The zero-order valence-electron chi connectivity index (χ0n) is 24.0. The number of amides is 1. The molecular formula is C31H46ClN3O4S. The maximum Gasteiger partial charge on any atom is 0.232 e. The van der Waals surface area contributed by atoms with E-state index in [1.807, 2.05) is 36.4 Å². The molecule has 7 nitrogen and oxygen atoms in total. The summed E-state index contributed by atoms with van der Waals surface area (Å²) in [5.41, 5.74) is 1.91. The van der Waals surface area contributed by atoms with E-state index in [2.05, 4.69) is 29.3 Å². The van der Waals surface area contributed by atoms with Crippen LogP contribution in [0, 0.1) is 11.8 Å². The van der Waals surface area contributed by atoms with Crippen molar-refractivity contribution in [3.05, 3.63) is 54.1 Å². The van der Waals surface area contributed by atoms with Crippen molar-refractivity contribution >= 4 is 34.0 Å². The molecule has 0 aromatic heterocycles. The van der Waals surface area contributed by atoms with E-state index in [4.69, 9.17) is 4.74 Å². The summed E-state index contributed by atoms with van der Waals surface area (Å²) >= 11 is 0. The zero-order valence-corrected chi connectivity index (χ0v) is 25.6. The number of anilines is 1. The molecular weight excluding hydrogens is 546 g/mol. The van der Waals surface area contributed by atoms with Gasteiger partial charge in [0.15, 0.2) is 0 Å². The Labute approximate surface area is 247 Å². The van der Waals surface area contributed by atoms with Crippen molar-refractivity contribution < 1.29 is 17.9 Å². The van der Waals surface area contributed by atoms with Crippen molar-refractivity contribution in [2.24, 2.45) is 11.8 Å². The zero-order chi connectivity index (χ0) is 27.7. The van der Waals surface area contributed by atoms with Crippen molar-refractivity contribution in [3.63, 3.8) is 0 Å². The molecule has 1 amide bonds. The van der Waals surface area contributed by atoms with Gasteiger partial charge in [-0.15, -0.1) is 12.4 Å². The molecule has 222 valence electrons. The molecule has 2 aromatic rings. The summed E-state index contributed by atoms with van der Waals surface area (Å²) in [6, 6.07) is 15.5. The van der Waals surface area contributed by atoms with E-state index < -0.39 is 10.0 Å². The molecule has 1 heterocycles. The summed E-state index contributed by atoms with van der Waals surface area (Å²) in [7, 11) is -3.35. The number of hydrogen-bond donors (Lipinski definition) is 1. The second kappa shape index (κ2) is 15.6. The van der Waals surface area contributed by atoms with E-state index in [-0.39, 0.29) is 24.2 Å². The molecule has 4 rings (SSSR count). The van der Waals surface area contributed by atoms with Gasteiger partial charge < -0.3 is 10.1 Å². The first-order valence-corrected chi connectivity index (χ1v) is 16.5. The molecule has 1 saturated carbocycles. The minimum Gasteiger partial charge on any atom is -0.457 e. The van der Waals surface area contributed by atoms with Crippen LogP contribution in [0.15, 0.2) is 48.5 Å². The van der Waals surface area contributed by atoms with Crippen LogP contribution < -0.4 is 14.4 Å². The maximum absolute atomic E-state index is 12.5. The monoisotopic (exact) mass is 591 g/mol. The molecule has 1 aliphatic carbocycles. The predicted octanol–water partition coefficient (Wildman–Crippen LogP) is 6.38. The quantitative estimate of drug-likeness (QED) is 0.290. The van der Waals surface area contributed by atoms with Crippen LogP contribution in [0.1, 0.15) is 70.3 Å². The van der Waals surface area contributed by atoms with E-state index in [9.17, 15) is 13.2 Å². The van der Waals surface area contributed by atoms with Crippen LogP contribution in [0.4, 0.5) is 5.69 Å². The number of carbonyl (C=O) groups is 1. The molecule has 1 N–H and O–H groups in total. The Hall–Kier alpha value is -2.29. The lowest BCUT2D eigenvalue weighted by atomic mass is 9.89. The molecule has 0 atom stereocenters. The number of ether oxygens (including phenoxy) is 1. The third kappa shape index (κ3) is 9.67. The Morgan fingerprint density at radius 2 is 1.55 bits per heavy atom. The number of nitrogens with one attached hydrogen (secondary N) is 1. The van der Waals surface area contributed by atoms with Gasteiger partial charge >= 0.3 is 0 Å². The third-order valence-electron chi connectivity index (χ3n) is 8.03. The molecule has 40 heavy (non-hydrogen) atoms. The highest BCUT2D eigenvalue weighted by Gasteiger charge is 2.25. The van der Waals surface area contributed by atoms with Crippen molar-refractivity contribution in [1.82, 2.24) is 10.2 Å². The van der Waals surface area contributed by atoms with Gasteiger partial charge in [-0.3, -0.25) is 14.0 Å². The first-order valence-electron chi connectivity index (χ1n) is 14.7. The van der Waals surface area contributed by atoms with Gasteiger partial charge in [-0.1, -0.05) is 44.7 Å². The van der Waals surface area contributed by atoms with E-state index >= 15 is 0 Å². The van der Waals surface area contributed by atoms with Crippen LogP contribution >= 0.6 is 12.4 Å². The molecule has 0 spiro atoms. The van der Waals surface area contributed by atoms with E-state index in [0.29, 0.717) is 23.9 Å². The fourth-order valence-corrected chi connectivity index (χ4v) is 6.65. The lowest BCUT2D eigenvalue weighted by molar-refractivity contribution is -0.126. The Morgan fingerprint density at radius 1 is 0.950 bits per heavy atom. The molecule has 1 aliphatic heterocycles. The molecule has 0 radical (unpaired) electrons. The number of benzene rings is 2. The van der Waals surface area contributed by atoms with Crippen LogP contribution in [-0.2, 0) is 21.4 Å². The number of carbonyl (C=O) groups excluding carboxylic acids is 1.